The van der Waals surface area contributed by atoms with Crippen molar-refractivity contribution in [2.75, 3.05) is 11.5 Å². The van der Waals surface area contributed by atoms with Gasteiger partial charge in [0.25, 0.3) is 0 Å². The van der Waals surface area contributed by atoms with Crippen LogP contribution >= 0.6 is 0 Å². The molecule has 0 spiro atoms. The lowest BCUT2D eigenvalue weighted by Gasteiger charge is -2.16. The van der Waals surface area contributed by atoms with Gasteiger partial charge in [-0.3, -0.25) is 0 Å². The Balaban J connectivity index is 2.31. The van der Waals surface area contributed by atoms with E-state index in [9.17, 15) is 8.42 Å². The Kier molecular flexibility index (Phi) is 2.35. The average Bonchev–Trinajstić information content (AvgIpc) is 2.71. The number of hydrogen-bond acceptors (Lipinski definition) is 5. The van der Waals surface area contributed by atoms with Crippen LogP contribution in [0, 0.1) is 0 Å². The molecule has 0 aliphatic carbocycles. The fourth-order valence-corrected chi connectivity index (χ4v) is 4.00. The van der Waals surface area contributed by atoms with Crippen LogP contribution in [0.15, 0.2) is 10.6 Å². The Hall–Kier alpha value is -0.880. The highest BCUT2D eigenvalue weighted by Gasteiger charge is 2.43. The topological polar surface area (TPSA) is 86.2 Å². The monoisotopic (exact) mass is 230 g/mol. The van der Waals surface area contributed by atoms with Crippen molar-refractivity contribution in [2.45, 2.75) is 25.3 Å². The van der Waals surface area contributed by atoms with Crippen LogP contribution in [0.5, 0.6) is 0 Å². The van der Waals surface area contributed by atoms with E-state index in [0.717, 1.165) is 0 Å². The fraction of sp³-hybridized carbons (Fsp3) is 0.667. The molecule has 1 unspecified atom stereocenters. The van der Waals surface area contributed by atoms with Crippen LogP contribution in [0.1, 0.15) is 25.0 Å². The molecule has 1 saturated heterocycles. The molecule has 0 aromatic carbocycles. The molecule has 1 atom stereocenters. The molecule has 2 N–H and O–H groups in total. The summed E-state index contributed by atoms with van der Waals surface area (Å²) < 4.78 is 28.2. The molecule has 15 heavy (non-hydrogen) atoms. The molecule has 0 bridgehead atoms. The fourth-order valence-electron chi connectivity index (χ4n) is 1.86. The maximum Gasteiger partial charge on any atom is 0.201 e. The first-order chi connectivity index (χ1) is 6.95. The molecule has 1 fully saturated rings. The van der Waals surface area contributed by atoms with E-state index >= 15 is 0 Å². The third kappa shape index (κ3) is 1.91. The number of nitrogens with zero attached hydrogens (tertiary/aromatic N) is 1. The zero-order valence-electron chi connectivity index (χ0n) is 8.56. The van der Waals surface area contributed by atoms with E-state index in [1.165, 1.54) is 0 Å². The van der Waals surface area contributed by atoms with Gasteiger partial charge < -0.3 is 10.2 Å². The van der Waals surface area contributed by atoms with Crippen LogP contribution in [0.25, 0.3) is 0 Å². The van der Waals surface area contributed by atoms with Crippen molar-refractivity contribution in [3.8, 4) is 0 Å². The molecule has 0 radical (unpaired) electrons. The van der Waals surface area contributed by atoms with E-state index in [1.54, 1.807) is 6.20 Å². The minimum atomic E-state index is -2.93. The van der Waals surface area contributed by atoms with Crippen molar-refractivity contribution in [2.24, 2.45) is 5.73 Å². The molecule has 1 aromatic rings. The molecule has 1 aliphatic heterocycles. The Bertz CT molecular complexity index is 465. The lowest BCUT2D eigenvalue weighted by Crippen LogP contribution is -2.23. The zero-order chi connectivity index (χ0) is 11.1. The van der Waals surface area contributed by atoms with Gasteiger partial charge in [-0.25, -0.2) is 13.4 Å². The largest absolute Gasteiger partial charge is 0.444 e. The van der Waals surface area contributed by atoms with Gasteiger partial charge in [-0.15, -0.1) is 0 Å². The third-order valence-electron chi connectivity index (χ3n) is 2.77. The maximum absolute atomic E-state index is 11.4. The molecule has 0 saturated carbocycles. The van der Waals surface area contributed by atoms with Gasteiger partial charge in [0.2, 0.25) is 5.89 Å². The molecule has 6 heteroatoms. The van der Waals surface area contributed by atoms with E-state index in [2.05, 4.69) is 4.98 Å². The van der Waals surface area contributed by atoms with Gasteiger partial charge in [-0.1, -0.05) is 0 Å². The van der Waals surface area contributed by atoms with Gasteiger partial charge in [0.1, 0.15) is 5.76 Å². The average molecular weight is 230 g/mol. The molecule has 0 amide bonds. The van der Waals surface area contributed by atoms with Gasteiger partial charge in [0.05, 0.1) is 29.7 Å². The minimum Gasteiger partial charge on any atom is -0.444 e. The molecule has 84 valence electrons. The van der Waals surface area contributed by atoms with Crippen molar-refractivity contribution < 1.29 is 12.8 Å². The molecule has 2 heterocycles. The summed E-state index contributed by atoms with van der Waals surface area (Å²) in [4.78, 5) is 4.10. The summed E-state index contributed by atoms with van der Waals surface area (Å²) in [6, 6.07) is 0. The van der Waals surface area contributed by atoms with Crippen LogP contribution in [0.3, 0.4) is 0 Å². The molecule has 2 rings (SSSR count). The van der Waals surface area contributed by atoms with E-state index in [0.29, 0.717) is 18.1 Å². The number of oxazole rings is 1. The van der Waals surface area contributed by atoms with Crippen LogP contribution in [0.4, 0.5) is 0 Å². The van der Waals surface area contributed by atoms with Crippen molar-refractivity contribution in [1.82, 2.24) is 4.98 Å². The van der Waals surface area contributed by atoms with Crippen molar-refractivity contribution >= 4 is 9.84 Å². The van der Waals surface area contributed by atoms with Gasteiger partial charge >= 0.3 is 0 Å². The van der Waals surface area contributed by atoms with Crippen molar-refractivity contribution in [3.63, 3.8) is 0 Å². The number of hydrogen-bond donors (Lipinski definition) is 1. The van der Waals surface area contributed by atoms with Gasteiger partial charge in [0.15, 0.2) is 9.84 Å². The molecule has 1 aliphatic rings. The Morgan fingerprint density at radius 3 is 2.87 bits per heavy atom. The Morgan fingerprint density at radius 1 is 1.67 bits per heavy atom. The first-order valence-electron chi connectivity index (χ1n) is 4.81. The van der Waals surface area contributed by atoms with E-state index < -0.39 is 15.3 Å². The standard InChI is InChI=1S/C9H14N2O3S/c1-9(2-3-15(12,13)6-9)8-11-5-7(4-10)14-8/h5H,2-4,6,10H2,1H3. The van der Waals surface area contributed by atoms with Crippen molar-refractivity contribution in [3.05, 3.63) is 17.8 Å². The summed E-state index contributed by atoms with van der Waals surface area (Å²) in [6.45, 7) is 2.15. The lowest BCUT2D eigenvalue weighted by molar-refractivity contribution is 0.358. The van der Waals surface area contributed by atoms with E-state index in [4.69, 9.17) is 10.2 Å². The predicted molar refractivity (Wildman–Crippen MR) is 55.0 cm³/mol. The smallest absolute Gasteiger partial charge is 0.201 e. The second-order valence-electron chi connectivity index (χ2n) is 4.24. The minimum absolute atomic E-state index is 0.116. The van der Waals surface area contributed by atoms with Crippen LogP contribution in [0.2, 0.25) is 0 Å². The van der Waals surface area contributed by atoms with Gasteiger partial charge in [-0.2, -0.15) is 0 Å². The highest BCUT2D eigenvalue weighted by atomic mass is 32.2. The van der Waals surface area contributed by atoms with Crippen LogP contribution in [-0.2, 0) is 21.8 Å². The summed E-state index contributed by atoms with van der Waals surface area (Å²) >= 11 is 0. The highest BCUT2D eigenvalue weighted by Crippen LogP contribution is 2.35. The third-order valence-corrected chi connectivity index (χ3v) is 4.68. The number of nitrogens with two attached hydrogens (primary N) is 1. The normalized spacial score (nSPS) is 29.5. The van der Waals surface area contributed by atoms with Gasteiger partial charge in [0, 0.05) is 0 Å². The predicted octanol–water partition coefficient (Wildman–Crippen LogP) is 0.210. The Labute approximate surface area is 88.6 Å². The maximum atomic E-state index is 11.4. The molecular formula is C9H14N2O3S. The number of rotatable bonds is 2. The lowest BCUT2D eigenvalue weighted by atomic mass is 9.90. The van der Waals surface area contributed by atoms with E-state index in [-0.39, 0.29) is 18.1 Å². The SMILES string of the molecule is CC1(c2ncc(CN)o2)CCS(=O)(=O)C1. The quantitative estimate of drug-likeness (QED) is 0.784. The summed E-state index contributed by atoms with van der Waals surface area (Å²) in [5.74, 6) is 1.41. The summed E-state index contributed by atoms with van der Waals surface area (Å²) in [5.41, 5.74) is 4.93. The molecular weight excluding hydrogens is 216 g/mol. The summed E-state index contributed by atoms with van der Waals surface area (Å²) in [6.07, 6.45) is 2.13. The summed E-state index contributed by atoms with van der Waals surface area (Å²) in [5, 5.41) is 0. The van der Waals surface area contributed by atoms with E-state index in [1.807, 2.05) is 6.92 Å². The number of sulfone groups is 1. The zero-order valence-corrected chi connectivity index (χ0v) is 9.38. The molecule has 1 aromatic heterocycles. The first kappa shape index (κ1) is 10.6. The van der Waals surface area contributed by atoms with Crippen molar-refractivity contribution in [1.29, 1.82) is 0 Å². The van der Waals surface area contributed by atoms with Crippen LogP contribution < -0.4 is 5.73 Å². The first-order valence-corrected chi connectivity index (χ1v) is 6.63. The highest BCUT2D eigenvalue weighted by molar-refractivity contribution is 7.91. The second kappa shape index (κ2) is 3.31. The van der Waals surface area contributed by atoms with Crippen LogP contribution in [-0.4, -0.2) is 24.9 Å². The second-order valence-corrected chi connectivity index (χ2v) is 6.42. The Morgan fingerprint density at radius 2 is 2.40 bits per heavy atom. The summed E-state index contributed by atoms with van der Waals surface area (Å²) in [7, 11) is -2.93. The number of aromatic nitrogens is 1. The molecule has 5 nitrogen and oxygen atoms in total. The van der Waals surface area contributed by atoms with Gasteiger partial charge in [-0.05, 0) is 13.3 Å².